The second kappa shape index (κ2) is 15.1. The fraction of sp³-hybridized carbons (Fsp3) is 0.382. The molecule has 48 heavy (non-hydrogen) atoms. The van der Waals surface area contributed by atoms with Crippen molar-refractivity contribution in [1.82, 2.24) is 29.7 Å². The van der Waals surface area contributed by atoms with Gasteiger partial charge in [0.05, 0.1) is 31.5 Å². The molecule has 0 saturated carbocycles. The average molecular weight is 678 g/mol. The summed E-state index contributed by atoms with van der Waals surface area (Å²) in [5.74, 6) is 0.197. The summed E-state index contributed by atoms with van der Waals surface area (Å²) < 4.78 is 54.6. The monoisotopic (exact) mass is 677 g/mol. The number of methoxy groups -OCH3 is 1. The summed E-state index contributed by atoms with van der Waals surface area (Å²) in [5, 5.41) is 8.76. The SMILES string of the molecule is COCCOc1cc(F)c(Cn2nc(-c3ncc(OCCCO[Si](C)(C)C(C)(C)C)c(Nc4ccncn4)n3)c3ccccc32)c(F)c1. The smallest absolute Gasteiger partial charge is 0.191 e. The number of hydrogen-bond donors (Lipinski definition) is 1. The molecule has 0 aliphatic carbocycles. The van der Waals surface area contributed by atoms with Crippen LogP contribution in [-0.4, -0.2) is 71.6 Å². The molecule has 1 N–H and O–H groups in total. The molecule has 0 spiro atoms. The van der Waals surface area contributed by atoms with Gasteiger partial charge in [0.15, 0.2) is 25.7 Å². The highest BCUT2D eigenvalue weighted by Gasteiger charge is 2.36. The Hall–Kier alpha value is -4.53. The zero-order valence-corrected chi connectivity index (χ0v) is 29.1. The van der Waals surface area contributed by atoms with E-state index in [0.717, 1.165) is 12.1 Å². The van der Waals surface area contributed by atoms with Crippen LogP contribution in [0.25, 0.3) is 22.4 Å². The quantitative estimate of drug-likeness (QED) is 0.0903. The lowest BCUT2D eigenvalue weighted by atomic mass is 10.1. The van der Waals surface area contributed by atoms with Crippen molar-refractivity contribution >= 4 is 30.9 Å². The molecular formula is C34H41F2N7O4Si. The molecule has 0 saturated heterocycles. The molecule has 0 aliphatic rings. The highest BCUT2D eigenvalue weighted by Crippen LogP contribution is 2.37. The first-order valence-corrected chi connectivity index (χ1v) is 18.6. The van der Waals surface area contributed by atoms with Gasteiger partial charge in [0.2, 0.25) is 0 Å². The number of benzene rings is 2. The summed E-state index contributed by atoms with van der Waals surface area (Å²) in [6, 6.07) is 11.4. The molecule has 3 heterocycles. The lowest BCUT2D eigenvalue weighted by molar-refractivity contribution is 0.146. The fourth-order valence-electron chi connectivity index (χ4n) is 4.57. The second-order valence-corrected chi connectivity index (χ2v) is 17.5. The molecular weight excluding hydrogens is 637 g/mol. The minimum atomic E-state index is -1.87. The summed E-state index contributed by atoms with van der Waals surface area (Å²) in [7, 11) is -0.348. The van der Waals surface area contributed by atoms with E-state index in [0.29, 0.717) is 60.2 Å². The van der Waals surface area contributed by atoms with E-state index in [1.54, 1.807) is 18.5 Å². The number of fused-ring (bicyclic) bond motifs is 1. The molecule has 2 aromatic carbocycles. The number of ether oxygens (including phenoxy) is 3. The largest absolute Gasteiger partial charge is 0.491 e. The molecule has 3 aromatic heterocycles. The molecule has 0 amide bonds. The molecule has 11 nitrogen and oxygen atoms in total. The molecule has 5 rings (SSSR count). The average Bonchev–Trinajstić information content (AvgIpc) is 3.41. The Labute approximate surface area is 279 Å². The molecule has 0 aliphatic heterocycles. The number of para-hydroxylation sites is 1. The molecule has 0 unspecified atom stereocenters. The second-order valence-electron chi connectivity index (χ2n) is 12.7. The molecule has 0 bridgehead atoms. The maximum Gasteiger partial charge on any atom is 0.191 e. The van der Waals surface area contributed by atoms with Gasteiger partial charge in [-0.15, -0.1) is 0 Å². The van der Waals surface area contributed by atoms with E-state index < -0.39 is 20.0 Å². The van der Waals surface area contributed by atoms with Crippen molar-refractivity contribution in [3.63, 3.8) is 0 Å². The van der Waals surface area contributed by atoms with Gasteiger partial charge < -0.3 is 24.0 Å². The Balaban J connectivity index is 1.41. The molecule has 14 heteroatoms. The van der Waals surface area contributed by atoms with Crippen molar-refractivity contribution < 1.29 is 27.4 Å². The third-order valence-corrected chi connectivity index (χ3v) is 12.8. The van der Waals surface area contributed by atoms with E-state index in [-0.39, 0.29) is 35.3 Å². The van der Waals surface area contributed by atoms with Gasteiger partial charge in [0.1, 0.15) is 41.8 Å². The summed E-state index contributed by atoms with van der Waals surface area (Å²) in [4.78, 5) is 17.6. The lowest BCUT2D eigenvalue weighted by Gasteiger charge is -2.36. The first-order chi connectivity index (χ1) is 23.0. The van der Waals surface area contributed by atoms with E-state index in [2.05, 4.69) is 54.1 Å². The Bertz CT molecular complexity index is 1810. The van der Waals surface area contributed by atoms with Gasteiger partial charge in [-0.05, 0) is 30.3 Å². The summed E-state index contributed by atoms with van der Waals surface area (Å²) in [5.41, 5.74) is 0.941. The first kappa shape index (κ1) is 34.8. The molecule has 0 fully saturated rings. The van der Waals surface area contributed by atoms with Gasteiger partial charge in [-0.1, -0.05) is 39.0 Å². The van der Waals surface area contributed by atoms with Gasteiger partial charge in [-0.25, -0.2) is 28.7 Å². The Morgan fingerprint density at radius 3 is 2.42 bits per heavy atom. The number of aromatic nitrogens is 6. The number of rotatable bonds is 15. The first-order valence-electron chi connectivity index (χ1n) is 15.7. The van der Waals surface area contributed by atoms with E-state index in [1.807, 2.05) is 24.3 Å². The zero-order valence-electron chi connectivity index (χ0n) is 28.1. The summed E-state index contributed by atoms with van der Waals surface area (Å²) in [6.07, 6.45) is 5.30. The van der Waals surface area contributed by atoms with Crippen LogP contribution in [0.1, 0.15) is 32.8 Å². The van der Waals surface area contributed by atoms with Crippen LogP contribution in [0.3, 0.4) is 0 Å². The van der Waals surface area contributed by atoms with E-state index in [9.17, 15) is 0 Å². The van der Waals surface area contributed by atoms with Gasteiger partial charge in [0, 0.05) is 49.4 Å². The fourth-order valence-corrected chi connectivity index (χ4v) is 5.66. The van der Waals surface area contributed by atoms with Crippen molar-refractivity contribution in [1.29, 1.82) is 0 Å². The van der Waals surface area contributed by atoms with E-state index >= 15 is 8.78 Å². The van der Waals surface area contributed by atoms with Crippen molar-refractivity contribution in [2.75, 3.05) is 38.9 Å². The van der Waals surface area contributed by atoms with Crippen LogP contribution in [0, 0.1) is 11.6 Å². The predicted octanol–water partition coefficient (Wildman–Crippen LogP) is 7.17. The lowest BCUT2D eigenvalue weighted by Crippen LogP contribution is -2.41. The Morgan fingerprint density at radius 1 is 0.938 bits per heavy atom. The third kappa shape index (κ3) is 8.30. The highest BCUT2D eigenvalue weighted by atomic mass is 28.4. The van der Waals surface area contributed by atoms with Crippen LogP contribution in [-0.2, 0) is 15.7 Å². The molecule has 5 aromatic rings. The van der Waals surface area contributed by atoms with Crippen molar-refractivity contribution in [2.45, 2.75) is 51.9 Å². The maximum absolute atomic E-state index is 15.1. The van der Waals surface area contributed by atoms with Crippen molar-refractivity contribution in [2.24, 2.45) is 0 Å². The highest BCUT2D eigenvalue weighted by molar-refractivity contribution is 6.74. The normalized spacial score (nSPS) is 12.0. The minimum Gasteiger partial charge on any atom is -0.491 e. The standard InChI is InChI=1S/C34H41F2N7O4Si/c1-34(2,3)48(5,6)47-15-9-14-46-29-20-38-33(41-32(29)40-30-12-13-37-22-39-30)31-24-10-7-8-11-28(24)43(42-31)21-25-26(35)18-23(19-27(25)36)45-17-16-44-4/h7-8,10-13,18-20,22H,9,14-17,21H2,1-6H3,(H,37,38,39,40,41). The van der Waals surface area contributed by atoms with E-state index in [1.165, 1.54) is 18.1 Å². The Kier molecular flexibility index (Phi) is 11.0. The number of nitrogens with one attached hydrogen (secondary N) is 1. The van der Waals surface area contributed by atoms with Gasteiger partial charge in [-0.3, -0.25) is 4.68 Å². The minimum absolute atomic E-state index is 0.0827. The third-order valence-electron chi connectivity index (χ3n) is 8.25. The number of nitrogens with zero attached hydrogens (tertiary/aromatic N) is 6. The van der Waals surface area contributed by atoms with Gasteiger partial charge in [-0.2, -0.15) is 5.10 Å². The number of hydrogen-bond acceptors (Lipinski definition) is 10. The van der Waals surface area contributed by atoms with Crippen LogP contribution in [0.15, 0.2) is 61.2 Å². The topological polar surface area (TPSA) is 118 Å². The summed E-state index contributed by atoms with van der Waals surface area (Å²) >= 11 is 0. The molecule has 0 radical (unpaired) electrons. The van der Waals surface area contributed by atoms with Gasteiger partial charge in [0.25, 0.3) is 0 Å². The number of anilines is 2. The number of halogens is 2. The van der Waals surface area contributed by atoms with Gasteiger partial charge >= 0.3 is 0 Å². The van der Waals surface area contributed by atoms with Crippen LogP contribution in [0.2, 0.25) is 18.1 Å². The van der Waals surface area contributed by atoms with Crippen LogP contribution >= 0.6 is 0 Å². The molecule has 254 valence electrons. The molecule has 0 atom stereocenters. The Morgan fingerprint density at radius 2 is 1.71 bits per heavy atom. The maximum atomic E-state index is 15.1. The zero-order chi connectivity index (χ0) is 34.3. The van der Waals surface area contributed by atoms with Crippen molar-refractivity contribution in [3.8, 4) is 23.0 Å². The van der Waals surface area contributed by atoms with Crippen molar-refractivity contribution in [3.05, 3.63) is 78.4 Å². The summed E-state index contributed by atoms with van der Waals surface area (Å²) in [6.45, 7) is 12.3. The van der Waals surface area contributed by atoms with Crippen LogP contribution in [0.5, 0.6) is 11.5 Å². The predicted molar refractivity (Wildman–Crippen MR) is 182 cm³/mol. The van der Waals surface area contributed by atoms with Crippen LogP contribution in [0.4, 0.5) is 20.4 Å². The van der Waals surface area contributed by atoms with Crippen LogP contribution < -0.4 is 14.8 Å². The van der Waals surface area contributed by atoms with E-state index in [4.69, 9.17) is 28.7 Å².